The number of phenolic OH excluding ortho intramolecular Hbond substituents is 2. The molecule has 2 aromatic rings. The van der Waals surface area contributed by atoms with Crippen LogP contribution >= 0.6 is 0 Å². The molecule has 39 nitrogen and oxygen atoms in total. The molecule has 15 atom stereocenters. The van der Waals surface area contributed by atoms with Crippen LogP contribution in [-0.2, 0) is 94.3 Å². The predicted molar refractivity (Wildman–Crippen MR) is 391 cm³/mol. The van der Waals surface area contributed by atoms with Gasteiger partial charge in [0.15, 0.2) is 0 Å². The molecule has 2 saturated heterocycles. The number of hydrogen-bond donors (Lipinski definition) is 20. The normalized spacial score (nSPS) is 17.4. The zero-order valence-electron chi connectivity index (χ0n) is 62.7. The van der Waals surface area contributed by atoms with Crippen LogP contribution in [0.2, 0.25) is 0 Å². The third-order valence-electron chi connectivity index (χ3n) is 18.3. The van der Waals surface area contributed by atoms with Crippen LogP contribution in [0.25, 0.3) is 0 Å². The first-order valence-electron chi connectivity index (χ1n) is 36.5. The summed E-state index contributed by atoms with van der Waals surface area (Å²) in [5.74, 6) is -16.8. The monoisotopic (exact) mass is 1550 g/mol. The van der Waals surface area contributed by atoms with Gasteiger partial charge in [-0.05, 0) is 174 Å². The van der Waals surface area contributed by atoms with Crippen LogP contribution in [0.3, 0.4) is 0 Å². The number of carboxylic acids is 3. The summed E-state index contributed by atoms with van der Waals surface area (Å²) < 4.78 is 0. The Bertz CT molecular complexity index is 3590. The number of hydrogen-bond acceptors (Lipinski definition) is 22. The summed E-state index contributed by atoms with van der Waals surface area (Å²) in [6, 6.07) is -9.88. The lowest BCUT2D eigenvalue weighted by Crippen LogP contribution is -2.60. The van der Waals surface area contributed by atoms with Crippen molar-refractivity contribution in [3.8, 4) is 11.5 Å². The molecule has 0 aromatic heterocycles. The molecule has 608 valence electrons. The Hall–Kier alpha value is -11.1. The van der Waals surface area contributed by atoms with E-state index in [0.29, 0.717) is 49.8 Å². The SMILES string of the molecule is C[C@H](N)C(=O)N[C@@H](CCCCN)C(=O)N1CCC[C@H]1C(=O)N[C@@H](CCC(=O)O)C(=O)N[C@@H](Cc1ccc(O)cc1)C(=O)N[C@@H](C)C(=O)N[C@@H](CCC(=O)O)C(=O)N[C@@H](Cc1ccc(O)cc1)C(=O)N[C@@H](CCCCN)C(=O)N[C@@H](C)C(=O)N[C@@H](C)C(=O)N[C@@H](C)C(=O)N[C@@H](C)C(=O)N1CCC[C@H]1C(=O)N[C@@H](C)C(=O)O. The van der Waals surface area contributed by atoms with E-state index in [9.17, 15) is 107 Å². The molecule has 0 radical (unpaired) electrons. The van der Waals surface area contributed by atoms with Gasteiger partial charge in [-0.3, -0.25) is 81.5 Å². The van der Waals surface area contributed by atoms with Gasteiger partial charge in [-0.25, -0.2) is 0 Å². The van der Waals surface area contributed by atoms with Gasteiger partial charge < -0.3 is 116 Å². The highest BCUT2D eigenvalue weighted by Crippen LogP contribution is 2.23. The molecule has 2 aliphatic heterocycles. The zero-order chi connectivity index (χ0) is 82.2. The average Bonchev–Trinajstić information content (AvgIpc) is 1.29. The summed E-state index contributed by atoms with van der Waals surface area (Å²) >= 11 is 0. The van der Waals surface area contributed by atoms with E-state index < -0.39 is 217 Å². The van der Waals surface area contributed by atoms with E-state index >= 15 is 0 Å². The van der Waals surface area contributed by atoms with Gasteiger partial charge in [-0.15, -0.1) is 0 Å². The quantitative estimate of drug-likeness (QED) is 0.0277. The van der Waals surface area contributed by atoms with Gasteiger partial charge >= 0.3 is 17.9 Å². The maximum atomic E-state index is 14.6. The fourth-order valence-corrected chi connectivity index (χ4v) is 11.8. The number of benzene rings is 2. The van der Waals surface area contributed by atoms with Crippen molar-refractivity contribution in [1.82, 2.24) is 73.6 Å². The maximum absolute atomic E-state index is 14.6. The van der Waals surface area contributed by atoms with Gasteiger partial charge in [0.1, 0.15) is 96.1 Å². The maximum Gasteiger partial charge on any atom is 0.325 e. The van der Waals surface area contributed by atoms with E-state index in [4.69, 9.17) is 17.2 Å². The van der Waals surface area contributed by atoms with Crippen LogP contribution in [0.15, 0.2) is 48.5 Å². The van der Waals surface area contributed by atoms with Gasteiger partial charge in [0.05, 0.1) is 6.04 Å². The number of likely N-dealkylation sites (tertiary alicyclic amines) is 2. The molecule has 23 N–H and O–H groups in total. The van der Waals surface area contributed by atoms with Crippen molar-refractivity contribution in [3.05, 3.63) is 59.7 Å². The molecule has 0 spiro atoms. The number of carboxylic acid groups (broad SMARTS) is 3. The summed E-state index contributed by atoms with van der Waals surface area (Å²) in [7, 11) is 0. The van der Waals surface area contributed by atoms with Crippen molar-refractivity contribution in [1.29, 1.82) is 0 Å². The smallest absolute Gasteiger partial charge is 0.325 e. The molecular weight excluding hydrogens is 1440 g/mol. The Morgan fingerprint density at radius 1 is 0.373 bits per heavy atom. The van der Waals surface area contributed by atoms with Crippen LogP contribution in [-0.4, -0.2) is 253 Å². The molecule has 14 amide bonds. The van der Waals surface area contributed by atoms with E-state index in [2.05, 4.69) is 63.8 Å². The second kappa shape index (κ2) is 45.0. The Labute approximate surface area is 635 Å². The number of carbonyl (C=O) groups is 17. The van der Waals surface area contributed by atoms with Crippen LogP contribution in [0.1, 0.15) is 149 Å². The predicted octanol–water partition coefficient (Wildman–Crippen LogP) is -4.78. The molecule has 2 aliphatic rings. The number of carbonyl (C=O) groups excluding carboxylic acids is 14. The summed E-state index contributed by atoms with van der Waals surface area (Å²) in [5, 5.41) is 78.6. The summed E-state index contributed by atoms with van der Waals surface area (Å²) in [6.07, 6.45) is -0.653. The van der Waals surface area contributed by atoms with Crippen LogP contribution in [0.5, 0.6) is 11.5 Å². The van der Waals surface area contributed by atoms with Gasteiger partial charge in [-0.2, -0.15) is 0 Å². The van der Waals surface area contributed by atoms with Crippen molar-refractivity contribution in [2.45, 2.75) is 242 Å². The minimum absolute atomic E-state index is 0.0760. The zero-order valence-corrected chi connectivity index (χ0v) is 62.7. The van der Waals surface area contributed by atoms with Crippen molar-refractivity contribution >= 4 is 101 Å². The lowest BCUT2D eigenvalue weighted by atomic mass is 10.0. The molecule has 0 unspecified atom stereocenters. The third-order valence-corrected chi connectivity index (χ3v) is 18.3. The number of nitrogens with two attached hydrogens (primary N) is 3. The van der Waals surface area contributed by atoms with E-state index in [-0.39, 0.29) is 76.1 Å². The van der Waals surface area contributed by atoms with Crippen molar-refractivity contribution in [3.63, 3.8) is 0 Å². The Morgan fingerprint density at radius 2 is 0.691 bits per heavy atom. The number of unbranched alkanes of at least 4 members (excludes halogenated alkanes) is 2. The number of aromatic hydroxyl groups is 2. The highest BCUT2D eigenvalue weighted by atomic mass is 16.4. The Kier molecular flexibility index (Phi) is 37.4. The minimum Gasteiger partial charge on any atom is -0.508 e. The summed E-state index contributed by atoms with van der Waals surface area (Å²) in [5.41, 5.74) is 17.9. The average molecular weight is 1550 g/mol. The third kappa shape index (κ3) is 29.8. The highest BCUT2D eigenvalue weighted by molar-refractivity contribution is 6.01. The van der Waals surface area contributed by atoms with Gasteiger partial charge in [0.25, 0.3) is 0 Å². The second-order valence-electron chi connectivity index (χ2n) is 27.4. The topological polar surface area (TPSA) is 620 Å². The van der Waals surface area contributed by atoms with Gasteiger partial charge in [0.2, 0.25) is 82.7 Å². The molecule has 39 heteroatoms. The Balaban J connectivity index is 1.51. The van der Waals surface area contributed by atoms with Crippen LogP contribution in [0.4, 0.5) is 0 Å². The van der Waals surface area contributed by atoms with Crippen molar-refractivity contribution in [2.24, 2.45) is 17.2 Å². The fraction of sp³-hybridized carbons (Fsp3) is 0.592. The van der Waals surface area contributed by atoms with Crippen molar-refractivity contribution in [2.75, 3.05) is 26.2 Å². The van der Waals surface area contributed by atoms with E-state index in [0.717, 1.165) is 0 Å². The molecule has 0 saturated carbocycles. The molecule has 2 heterocycles. The summed E-state index contributed by atoms with van der Waals surface area (Å²) in [6.45, 7) is 9.72. The minimum atomic E-state index is -1.79. The van der Waals surface area contributed by atoms with E-state index in [1.54, 1.807) is 0 Å². The van der Waals surface area contributed by atoms with E-state index in [1.807, 2.05) is 0 Å². The molecule has 110 heavy (non-hydrogen) atoms. The molecule has 4 rings (SSSR count). The number of nitrogens with one attached hydrogen (secondary N) is 12. The molecular formula is C71H107N17O22. The van der Waals surface area contributed by atoms with Crippen molar-refractivity contribution < 1.29 is 107 Å². The van der Waals surface area contributed by atoms with Crippen LogP contribution in [0, 0.1) is 0 Å². The number of amides is 14. The second-order valence-corrected chi connectivity index (χ2v) is 27.4. The molecule has 2 fully saturated rings. The molecule has 0 aliphatic carbocycles. The number of rotatable bonds is 45. The first kappa shape index (κ1) is 91.3. The standard InChI is InChI=1S/C71H107N17O22/c1-36(74)57(95)84-50(15-9-11-31-73)70(108)88-33-13-17-54(88)68(106)83-49(27-29-56(93)94)64(102)85-51(34-43-18-22-45(89)23-19-43)65(103)78-40(5)61(99)81-48(26-28-55(91)92)63(101)86-52(35-44-20-24-46(90)25-21-44)66(104)82-47(14-8-10-30-72)62(100)77-39(4)59(97)75-37(2)58(96)76-38(3)60(98)79-41(6)69(107)87-32-12-16-53(87)67(105)80-42(7)71(109)110/h18-25,36-42,47-54,89-90H,8-17,26-35,72-74H2,1-7H3,(H,75,97)(H,76,96)(H,77,100)(H,78,103)(H,79,98)(H,80,105)(H,81,99)(H,82,104)(H,83,106)(H,84,95)(H,85,102)(H,86,101)(H,91,92)(H,93,94)(H,109,110)/t36-,37-,38-,39-,40-,41-,42-,47-,48-,49-,50-,51-,52-,53-,54-/m0/s1. The van der Waals surface area contributed by atoms with E-state index in [1.165, 1.54) is 107 Å². The lowest BCUT2D eigenvalue weighted by Gasteiger charge is -2.30. The molecule has 2 aromatic carbocycles. The summed E-state index contributed by atoms with van der Waals surface area (Å²) in [4.78, 5) is 231. The number of aliphatic carboxylic acids is 3. The lowest BCUT2D eigenvalue weighted by molar-refractivity contribution is -0.144. The number of nitrogens with zero attached hydrogens (tertiary/aromatic N) is 2. The first-order valence-corrected chi connectivity index (χ1v) is 36.5. The highest BCUT2D eigenvalue weighted by Gasteiger charge is 2.42. The fourth-order valence-electron chi connectivity index (χ4n) is 11.8. The van der Waals surface area contributed by atoms with Gasteiger partial charge in [-0.1, -0.05) is 24.3 Å². The van der Waals surface area contributed by atoms with Crippen LogP contribution < -0.4 is 81.0 Å². The molecule has 0 bridgehead atoms. The number of phenols is 2. The Morgan fingerprint density at radius 3 is 1.10 bits per heavy atom. The van der Waals surface area contributed by atoms with Gasteiger partial charge in [0, 0.05) is 38.8 Å². The largest absolute Gasteiger partial charge is 0.508 e. The first-order chi connectivity index (χ1) is 51.8.